The second-order valence-electron chi connectivity index (χ2n) is 6.77. The van der Waals surface area contributed by atoms with Gasteiger partial charge in [0.25, 0.3) is 0 Å². The van der Waals surface area contributed by atoms with Gasteiger partial charge in [-0.15, -0.1) is 0 Å². The molecule has 0 saturated heterocycles. The molecule has 0 unspecified atom stereocenters. The molecule has 0 spiro atoms. The highest BCUT2D eigenvalue weighted by Crippen LogP contribution is 2.28. The largest absolute Gasteiger partial charge is 0.334 e. The molecular formula is C18H24F2N2O. The highest BCUT2D eigenvalue weighted by Gasteiger charge is 2.28. The second-order valence-corrected chi connectivity index (χ2v) is 6.77. The van der Waals surface area contributed by atoms with E-state index in [1.54, 1.807) is 4.90 Å². The molecule has 1 aromatic carbocycles. The zero-order valence-electron chi connectivity index (χ0n) is 13.4. The van der Waals surface area contributed by atoms with E-state index in [0.29, 0.717) is 5.92 Å². The van der Waals surface area contributed by atoms with Crippen LogP contribution in [0.15, 0.2) is 18.2 Å². The average Bonchev–Trinajstić information content (AvgIpc) is 3.19. The Hall–Kier alpha value is -1.49. The Morgan fingerprint density at radius 1 is 1.17 bits per heavy atom. The third-order valence-electron chi connectivity index (χ3n) is 4.84. The molecule has 3 nitrogen and oxygen atoms in total. The molecule has 2 saturated carbocycles. The molecule has 1 amide bonds. The van der Waals surface area contributed by atoms with E-state index in [1.807, 2.05) is 0 Å². The molecule has 0 aliphatic heterocycles. The molecule has 2 aliphatic carbocycles. The molecule has 5 heteroatoms. The number of rotatable bonds is 7. The molecule has 0 heterocycles. The maximum Gasteiger partial charge on any atom is 0.237 e. The van der Waals surface area contributed by atoms with E-state index in [0.717, 1.165) is 44.4 Å². The Bertz CT molecular complexity index is 554. The smallest absolute Gasteiger partial charge is 0.237 e. The minimum Gasteiger partial charge on any atom is -0.334 e. The molecule has 0 atom stereocenters. The van der Waals surface area contributed by atoms with Gasteiger partial charge in [-0.1, -0.05) is 12.8 Å². The van der Waals surface area contributed by atoms with E-state index in [-0.39, 0.29) is 30.6 Å². The fraction of sp³-hybridized carbons (Fsp3) is 0.611. The fourth-order valence-electron chi connectivity index (χ4n) is 3.29. The first kappa shape index (κ1) is 16.4. The van der Waals surface area contributed by atoms with E-state index in [9.17, 15) is 13.6 Å². The molecule has 23 heavy (non-hydrogen) atoms. The lowest BCUT2D eigenvalue weighted by atomic mass is 10.1. The summed E-state index contributed by atoms with van der Waals surface area (Å²) in [5.41, 5.74) is 0.257. The summed E-state index contributed by atoms with van der Waals surface area (Å²) >= 11 is 0. The Morgan fingerprint density at radius 2 is 1.91 bits per heavy atom. The van der Waals surface area contributed by atoms with Gasteiger partial charge in [0.1, 0.15) is 11.6 Å². The number of halogens is 2. The minimum absolute atomic E-state index is 0.0128. The Morgan fingerprint density at radius 3 is 2.61 bits per heavy atom. The van der Waals surface area contributed by atoms with Crippen LogP contribution in [0.5, 0.6) is 0 Å². The quantitative estimate of drug-likeness (QED) is 0.836. The molecule has 0 bridgehead atoms. The van der Waals surface area contributed by atoms with Gasteiger partial charge in [-0.25, -0.2) is 8.78 Å². The third-order valence-corrected chi connectivity index (χ3v) is 4.84. The van der Waals surface area contributed by atoms with Crippen LogP contribution in [0.2, 0.25) is 0 Å². The van der Waals surface area contributed by atoms with E-state index in [1.165, 1.54) is 18.9 Å². The van der Waals surface area contributed by atoms with Crippen LogP contribution in [0.3, 0.4) is 0 Å². The molecule has 0 radical (unpaired) electrons. The maximum atomic E-state index is 13.9. The zero-order valence-corrected chi connectivity index (χ0v) is 13.4. The molecule has 1 N–H and O–H groups in total. The van der Waals surface area contributed by atoms with Crippen molar-refractivity contribution in [2.24, 2.45) is 5.92 Å². The summed E-state index contributed by atoms with van der Waals surface area (Å²) in [4.78, 5) is 14.3. The van der Waals surface area contributed by atoms with Gasteiger partial charge in [0.05, 0.1) is 6.54 Å². The Balaban J connectivity index is 1.66. The SMILES string of the molecule is O=C(CNCC1CC1)N(Cc1cc(F)ccc1F)C1CCCC1. The second kappa shape index (κ2) is 7.39. The molecular weight excluding hydrogens is 298 g/mol. The van der Waals surface area contributed by atoms with Crippen LogP contribution in [0.4, 0.5) is 8.78 Å². The molecule has 0 aromatic heterocycles. The lowest BCUT2D eigenvalue weighted by Crippen LogP contribution is -2.43. The van der Waals surface area contributed by atoms with Crippen molar-refractivity contribution in [1.29, 1.82) is 0 Å². The number of nitrogens with one attached hydrogen (secondary N) is 1. The van der Waals surface area contributed by atoms with E-state index >= 15 is 0 Å². The minimum atomic E-state index is -0.466. The van der Waals surface area contributed by atoms with Gasteiger partial charge in [-0.3, -0.25) is 4.79 Å². The van der Waals surface area contributed by atoms with Gasteiger partial charge in [0.15, 0.2) is 0 Å². The normalized spacial score (nSPS) is 18.3. The number of amides is 1. The predicted octanol–water partition coefficient (Wildman–Crippen LogP) is 3.24. The van der Waals surface area contributed by atoms with Gasteiger partial charge in [-0.2, -0.15) is 0 Å². The average molecular weight is 322 g/mol. The van der Waals surface area contributed by atoms with Gasteiger partial charge in [0.2, 0.25) is 5.91 Å². The molecule has 2 fully saturated rings. The molecule has 2 aliphatic rings. The summed E-state index contributed by atoms with van der Waals surface area (Å²) in [6, 6.07) is 3.58. The first-order valence-electron chi connectivity index (χ1n) is 8.57. The standard InChI is InChI=1S/C18H24F2N2O/c19-15-7-8-17(20)14(9-15)12-22(16-3-1-2-4-16)18(23)11-21-10-13-5-6-13/h7-9,13,16,21H,1-6,10-12H2. The topological polar surface area (TPSA) is 32.3 Å². The lowest BCUT2D eigenvalue weighted by molar-refractivity contribution is -0.133. The maximum absolute atomic E-state index is 13.9. The van der Waals surface area contributed by atoms with Crippen LogP contribution < -0.4 is 5.32 Å². The number of carbonyl (C=O) groups excluding carboxylic acids is 1. The summed E-state index contributed by atoms with van der Waals surface area (Å²) in [6.07, 6.45) is 6.56. The number of hydrogen-bond donors (Lipinski definition) is 1. The van der Waals surface area contributed by atoms with Crippen molar-refractivity contribution in [3.63, 3.8) is 0 Å². The van der Waals surface area contributed by atoms with Crippen LogP contribution >= 0.6 is 0 Å². The van der Waals surface area contributed by atoms with Crippen molar-refractivity contribution in [3.8, 4) is 0 Å². The van der Waals surface area contributed by atoms with Crippen molar-refractivity contribution >= 4 is 5.91 Å². The summed E-state index contributed by atoms with van der Waals surface area (Å²) in [5, 5.41) is 3.20. The molecule has 126 valence electrons. The number of hydrogen-bond acceptors (Lipinski definition) is 2. The van der Waals surface area contributed by atoms with E-state index < -0.39 is 11.6 Å². The van der Waals surface area contributed by atoms with Gasteiger partial charge >= 0.3 is 0 Å². The van der Waals surface area contributed by atoms with Crippen LogP contribution in [-0.4, -0.2) is 29.9 Å². The summed E-state index contributed by atoms with van der Waals surface area (Å²) in [5.74, 6) is -0.218. The number of carbonyl (C=O) groups is 1. The van der Waals surface area contributed by atoms with Crippen molar-refractivity contribution < 1.29 is 13.6 Å². The molecule has 3 rings (SSSR count). The number of nitrogens with zero attached hydrogens (tertiary/aromatic N) is 1. The first-order valence-corrected chi connectivity index (χ1v) is 8.57. The summed E-state index contributed by atoms with van der Waals surface area (Å²) in [7, 11) is 0. The predicted molar refractivity (Wildman–Crippen MR) is 84.8 cm³/mol. The first-order chi connectivity index (χ1) is 11.1. The van der Waals surface area contributed by atoms with Crippen molar-refractivity contribution in [3.05, 3.63) is 35.4 Å². The Labute approximate surface area is 136 Å². The lowest BCUT2D eigenvalue weighted by Gasteiger charge is -2.29. The van der Waals surface area contributed by atoms with E-state index in [4.69, 9.17) is 0 Å². The van der Waals surface area contributed by atoms with Gasteiger partial charge in [0, 0.05) is 18.2 Å². The van der Waals surface area contributed by atoms with E-state index in [2.05, 4.69) is 5.32 Å². The molecule has 1 aromatic rings. The van der Waals surface area contributed by atoms with Crippen LogP contribution in [0.25, 0.3) is 0 Å². The number of benzene rings is 1. The Kier molecular flexibility index (Phi) is 5.26. The fourth-order valence-corrected chi connectivity index (χ4v) is 3.29. The highest BCUT2D eigenvalue weighted by atomic mass is 19.1. The third kappa shape index (κ3) is 4.50. The van der Waals surface area contributed by atoms with Crippen molar-refractivity contribution in [1.82, 2.24) is 10.2 Å². The van der Waals surface area contributed by atoms with Crippen LogP contribution in [-0.2, 0) is 11.3 Å². The van der Waals surface area contributed by atoms with Gasteiger partial charge in [-0.05, 0) is 56.3 Å². The van der Waals surface area contributed by atoms with Crippen LogP contribution in [0, 0.1) is 17.6 Å². The zero-order chi connectivity index (χ0) is 16.2. The van der Waals surface area contributed by atoms with Crippen molar-refractivity contribution in [2.75, 3.05) is 13.1 Å². The monoisotopic (exact) mass is 322 g/mol. The van der Waals surface area contributed by atoms with Crippen molar-refractivity contribution in [2.45, 2.75) is 51.1 Å². The highest BCUT2D eigenvalue weighted by molar-refractivity contribution is 5.78. The summed E-state index contributed by atoms with van der Waals surface area (Å²) < 4.78 is 27.3. The van der Waals surface area contributed by atoms with Crippen LogP contribution in [0.1, 0.15) is 44.1 Å². The van der Waals surface area contributed by atoms with Gasteiger partial charge < -0.3 is 10.2 Å². The summed E-state index contributed by atoms with van der Waals surface area (Å²) in [6.45, 7) is 1.31.